The zero-order valence-electron chi connectivity index (χ0n) is 12.3. The SMILES string of the molecule is NC(=O)c1ccc(S(=O)(=O)N(C[C@H]2CCOC2)C2CC2)cc1. The fourth-order valence-electron chi connectivity index (χ4n) is 2.71. The molecule has 2 fully saturated rings. The summed E-state index contributed by atoms with van der Waals surface area (Å²) in [5.74, 6) is -0.300. The van der Waals surface area contributed by atoms with Crippen LogP contribution < -0.4 is 5.73 Å². The van der Waals surface area contributed by atoms with E-state index in [1.165, 1.54) is 24.3 Å². The molecule has 2 N–H and O–H groups in total. The molecule has 1 saturated carbocycles. The van der Waals surface area contributed by atoms with Crippen LogP contribution in [-0.4, -0.2) is 44.4 Å². The van der Waals surface area contributed by atoms with Crippen molar-refractivity contribution in [2.75, 3.05) is 19.8 Å². The molecule has 0 bridgehead atoms. The maximum atomic E-state index is 12.9. The number of hydrogen-bond donors (Lipinski definition) is 1. The van der Waals surface area contributed by atoms with Gasteiger partial charge in [-0.25, -0.2) is 8.42 Å². The van der Waals surface area contributed by atoms with Crippen molar-refractivity contribution in [1.82, 2.24) is 4.31 Å². The molecule has 0 spiro atoms. The summed E-state index contributed by atoms with van der Waals surface area (Å²) >= 11 is 0. The largest absolute Gasteiger partial charge is 0.381 e. The lowest BCUT2D eigenvalue weighted by Gasteiger charge is -2.24. The van der Waals surface area contributed by atoms with E-state index in [1.54, 1.807) is 4.31 Å². The number of amides is 1. The van der Waals surface area contributed by atoms with Crippen molar-refractivity contribution < 1.29 is 17.9 Å². The predicted molar refractivity (Wildman–Crippen MR) is 80.8 cm³/mol. The summed E-state index contributed by atoms with van der Waals surface area (Å²) in [4.78, 5) is 11.3. The minimum atomic E-state index is -3.54. The van der Waals surface area contributed by atoms with E-state index < -0.39 is 15.9 Å². The molecule has 0 unspecified atom stereocenters. The quantitative estimate of drug-likeness (QED) is 0.844. The normalized spacial score (nSPS) is 22.1. The van der Waals surface area contributed by atoms with Crippen LogP contribution in [0, 0.1) is 5.92 Å². The number of sulfonamides is 1. The molecule has 1 aliphatic carbocycles. The number of primary amides is 1. The summed E-state index contributed by atoms with van der Waals surface area (Å²) in [6, 6.07) is 5.92. The number of benzene rings is 1. The van der Waals surface area contributed by atoms with Crippen molar-refractivity contribution in [3.8, 4) is 0 Å². The third-order valence-electron chi connectivity index (χ3n) is 4.16. The van der Waals surface area contributed by atoms with Crippen LogP contribution >= 0.6 is 0 Å². The topological polar surface area (TPSA) is 89.7 Å². The molecule has 1 heterocycles. The van der Waals surface area contributed by atoms with Crippen molar-refractivity contribution >= 4 is 15.9 Å². The molecule has 22 heavy (non-hydrogen) atoms. The second kappa shape index (κ2) is 5.98. The van der Waals surface area contributed by atoms with Gasteiger partial charge >= 0.3 is 0 Å². The molecule has 7 heteroatoms. The molecule has 0 aromatic heterocycles. The van der Waals surface area contributed by atoms with Crippen molar-refractivity contribution in [1.29, 1.82) is 0 Å². The van der Waals surface area contributed by atoms with Gasteiger partial charge in [-0.15, -0.1) is 0 Å². The van der Waals surface area contributed by atoms with E-state index in [2.05, 4.69) is 0 Å². The first-order valence-corrected chi connectivity index (χ1v) is 8.92. The second-order valence-electron chi connectivity index (χ2n) is 5.92. The van der Waals surface area contributed by atoms with E-state index >= 15 is 0 Å². The highest BCUT2D eigenvalue weighted by Gasteiger charge is 2.39. The van der Waals surface area contributed by atoms with Crippen LogP contribution in [-0.2, 0) is 14.8 Å². The molecule has 6 nitrogen and oxygen atoms in total. The number of hydrogen-bond acceptors (Lipinski definition) is 4. The molecule has 3 rings (SSSR count). The van der Waals surface area contributed by atoms with Gasteiger partial charge in [-0.3, -0.25) is 4.79 Å². The zero-order valence-corrected chi connectivity index (χ0v) is 13.1. The maximum absolute atomic E-state index is 12.9. The Morgan fingerprint density at radius 2 is 1.91 bits per heavy atom. The summed E-state index contributed by atoms with van der Waals surface area (Å²) in [6.45, 7) is 1.83. The third kappa shape index (κ3) is 3.16. The molecule has 120 valence electrons. The highest BCUT2D eigenvalue weighted by molar-refractivity contribution is 7.89. The van der Waals surface area contributed by atoms with Crippen molar-refractivity contribution in [3.63, 3.8) is 0 Å². The molecule has 1 aliphatic heterocycles. The summed E-state index contributed by atoms with van der Waals surface area (Å²) in [6.07, 6.45) is 2.72. The highest BCUT2D eigenvalue weighted by atomic mass is 32.2. The van der Waals surface area contributed by atoms with E-state index in [1.807, 2.05) is 0 Å². The van der Waals surface area contributed by atoms with Gasteiger partial charge in [-0.05, 0) is 49.4 Å². The standard InChI is InChI=1S/C15H20N2O4S/c16-15(18)12-1-5-14(6-2-12)22(19,20)17(13-3-4-13)9-11-7-8-21-10-11/h1-2,5-6,11,13H,3-4,7-10H2,(H2,16,18)/t11-/m1/s1. The Balaban J connectivity index is 1.83. The van der Waals surface area contributed by atoms with Crippen LogP contribution in [0.3, 0.4) is 0 Å². The van der Waals surface area contributed by atoms with Crippen LogP contribution in [0.1, 0.15) is 29.6 Å². The Kier molecular flexibility index (Phi) is 4.20. The Morgan fingerprint density at radius 1 is 1.23 bits per heavy atom. The van der Waals surface area contributed by atoms with Crippen LogP contribution in [0.2, 0.25) is 0 Å². The Hall–Kier alpha value is -1.44. The Morgan fingerprint density at radius 3 is 2.41 bits per heavy atom. The lowest BCUT2D eigenvalue weighted by molar-refractivity contribution is 0.1000. The number of nitrogens with two attached hydrogens (primary N) is 1. The van der Waals surface area contributed by atoms with Crippen molar-refractivity contribution in [2.24, 2.45) is 11.7 Å². The molecule has 1 saturated heterocycles. The smallest absolute Gasteiger partial charge is 0.248 e. The zero-order chi connectivity index (χ0) is 15.7. The number of nitrogens with zero attached hydrogens (tertiary/aromatic N) is 1. The minimum absolute atomic E-state index is 0.0985. The van der Waals surface area contributed by atoms with Gasteiger partial charge in [0.2, 0.25) is 15.9 Å². The minimum Gasteiger partial charge on any atom is -0.381 e. The van der Waals surface area contributed by atoms with Gasteiger partial charge in [0.15, 0.2) is 0 Å². The number of carbonyl (C=O) groups excluding carboxylic acids is 1. The first-order valence-electron chi connectivity index (χ1n) is 7.48. The summed E-state index contributed by atoms with van der Waals surface area (Å²) in [5, 5.41) is 0. The number of carbonyl (C=O) groups is 1. The van der Waals surface area contributed by atoms with Crippen molar-refractivity contribution in [3.05, 3.63) is 29.8 Å². The van der Waals surface area contributed by atoms with Crippen LogP contribution in [0.5, 0.6) is 0 Å². The van der Waals surface area contributed by atoms with E-state index in [0.29, 0.717) is 25.3 Å². The van der Waals surface area contributed by atoms with Gasteiger partial charge < -0.3 is 10.5 Å². The van der Waals surface area contributed by atoms with Gasteiger partial charge in [0.05, 0.1) is 11.5 Å². The molecule has 0 radical (unpaired) electrons. The van der Waals surface area contributed by atoms with Gasteiger partial charge in [-0.1, -0.05) is 0 Å². The molecule has 1 atom stereocenters. The van der Waals surface area contributed by atoms with E-state index in [-0.39, 0.29) is 16.9 Å². The molecule has 1 amide bonds. The first kappa shape index (κ1) is 15.5. The molecule has 1 aromatic carbocycles. The monoisotopic (exact) mass is 324 g/mol. The summed E-state index contributed by atoms with van der Waals surface area (Å²) < 4.78 is 32.7. The lowest BCUT2D eigenvalue weighted by Crippen LogP contribution is -2.37. The van der Waals surface area contributed by atoms with Crippen molar-refractivity contribution in [2.45, 2.75) is 30.2 Å². The maximum Gasteiger partial charge on any atom is 0.248 e. The molecular formula is C15H20N2O4S. The van der Waals surface area contributed by atoms with Crippen LogP contribution in [0.25, 0.3) is 0 Å². The predicted octanol–water partition coefficient (Wildman–Crippen LogP) is 0.975. The van der Waals surface area contributed by atoms with E-state index in [0.717, 1.165) is 19.3 Å². The number of rotatable bonds is 6. The average Bonchev–Trinajstić information content (AvgIpc) is 3.20. The average molecular weight is 324 g/mol. The summed E-state index contributed by atoms with van der Waals surface area (Å²) in [7, 11) is -3.54. The Bertz CT molecular complexity index is 647. The second-order valence-corrected chi connectivity index (χ2v) is 7.81. The number of ether oxygens (including phenoxy) is 1. The first-order chi connectivity index (χ1) is 10.5. The lowest BCUT2D eigenvalue weighted by atomic mass is 10.1. The van der Waals surface area contributed by atoms with Gasteiger partial charge in [0, 0.05) is 24.8 Å². The van der Waals surface area contributed by atoms with Gasteiger partial charge in [0.1, 0.15) is 0 Å². The highest BCUT2D eigenvalue weighted by Crippen LogP contribution is 2.33. The Labute approximate surface area is 130 Å². The van der Waals surface area contributed by atoms with Crippen LogP contribution in [0.4, 0.5) is 0 Å². The van der Waals surface area contributed by atoms with E-state index in [9.17, 15) is 13.2 Å². The molecule has 2 aliphatic rings. The van der Waals surface area contributed by atoms with E-state index in [4.69, 9.17) is 10.5 Å². The summed E-state index contributed by atoms with van der Waals surface area (Å²) in [5.41, 5.74) is 5.49. The van der Waals surface area contributed by atoms with Gasteiger partial charge in [-0.2, -0.15) is 4.31 Å². The fraction of sp³-hybridized carbons (Fsp3) is 0.533. The van der Waals surface area contributed by atoms with Gasteiger partial charge in [0.25, 0.3) is 0 Å². The fourth-order valence-corrected chi connectivity index (χ4v) is 4.48. The van der Waals surface area contributed by atoms with Crippen LogP contribution in [0.15, 0.2) is 29.2 Å². The molecular weight excluding hydrogens is 304 g/mol. The third-order valence-corrected chi connectivity index (χ3v) is 6.09. The molecule has 1 aromatic rings.